The van der Waals surface area contributed by atoms with E-state index in [4.69, 9.17) is 5.11 Å². The molecule has 122 valence electrons. The fourth-order valence-corrected chi connectivity index (χ4v) is 1.85. The van der Waals surface area contributed by atoms with Gasteiger partial charge in [-0.1, -0.05) is 20.8 Å². The van der Waals surface area contributed by atoms with E-state index in [1.165, 1.54) is 0 Å². The third-order valence-electron chi connectivity index (χ3n) is 3.13. The highest BCUT2D eigenvalue weighted by Crippen LogP contribution is 2.19. The minimum absolute atomic E-state index is 0.0362. The SMILES string of the molecule is CCN(CC)C(=O)CCNC(=O)NC(C(=O)O)C(C)(C)C. The van der Waals surface area contributed by atoms with Crippen LogP contribution in [-0.2, 0) is 9.59 Å². The lowest BCUT2D eigenvalue weighted by atomic mass is 9.87. The molecule has 0 radical (unpaired) electrons. The van der Waals surface area contributed by atoms with Gasteiger partial charge in [0.15, 0.2) is 0 Å². The molecular weight excluding hydrogens is 274 g/mol. The summed E-state index contributed by atoms with van der Waals surface area (Å²) in [5.41, 5.74) is -0.597. The second kappa shape index (κ2) is 8.49. The van der Waals surface area contributed by atoms with E-state index >= 15 is 0 Å². The molecule has 21 heavy (non-hydrogen) atoms. The molecule has 0 aromatic heterocycles. The summed E-state index contributed by atoms with van der Waals surface area (Å²) in [7, 11) is 0. The van der Waals surface area contributed by atoms with Crippen molar-refractivity contribution in [1.82, 2.24) is 15.5 Å². The van der Waals surface area contributed by atoms with Gasteiger partial charge in [-0.25, -0.2) is 9.59 Å². The maximum Gasteiger partial charge on any atom is 0.326 e. The maximum atomic E-state index is 11.7. The first-order valence-electron chi connectivity index (χ1n) is 7.18. The van der Waals surface area contributed by atoms with Crippen LogP contribution < -0.4 is 10.6 Å². The molecule has 0 aliphatic heterocycles. The molecule has 7 heteroatoms. The molecule has 0 saturated heterocycles. The fraction of sp³-hybridized carbons (Fsp3) is 0.786. The number of carboxylic acids is 1. The zero-order valence-electron chi connectivity index (χ0n) is 13.5. The van der Waals surface area contributed by atoms with Gasteiger partial charge in [0, 0.05) is 26.1 Å². The van der Waals surface area contributed by atoms with Gasteiger partial charge < -0.3 is 20.6 Å². The molecular formula is C14H27N3O4. The summed E-state index contributed by atoms with van der Waals surface area (Å²) < 4.78 is 0. The van der Waals surface area contributed by atoms with Crippen molar-refractivity contribution in [3.05, 3.63) is 0 Å². The Morgan fingerprint density at radius 2 is 1.67 bits per heavy atom. The molecule has 0 bridgehead atoms. The van der Waals surface area contributed by atoms with Gasteiger partial charge in [-0.3, -0.25) is 4.79 Å². The molecule has 0 aliphatic rings. The maximum absolute atomic E-state index is 11.7. The predicted octanol–water partition coefficient (Wildman–Crippen LogP) is 1.04. The highest BCUT2D eigenvalue weighted by atomic mass is 16.4. The highest BCUT2D eigenvalue weighted by molar-refractivity contribution is 5.83. The first-order valence-corrected chi connectivity index (χ1v) is 7.18. The van der Waals surface area contributed by atoms with Gasteiger partial charge in [0.05, 0.1) is 0 Å². The van der Waals surface area contributed by atoms with Crippen LogP contribution in [0.15, 0.2) is 0 Å². The predicted molar refractivity (Wildman–Crippen MR) is 80.0 cm³/mol. The molecule has 1 unspecified atom stereocenters. The highest BCUT2D eigenvalue weighted by Gasteiger charge is 2.32. The number of urea groups is 1. The van der Waals surface area contributed by atoms with Crippen molar-refractivity contribution in [3.63, 3.8) is 0 Å². The Morgan fingerprint density at radius 3 is 2.05 bits per heavy atom. The second-order valence-electron chi connectivity index (χ2n) is 5.85. The fourth-order valence-electron chi connectivity index (χ4n) is 1.85. The first-order chi connectivity index (χ1) is 9.63. The van der Waals surface area contributed by atoms with Crippen molar-refractivity contribution in [2.24, 2.45) is 5.41 Å². The molecule has 0 fully saturated rings. The van der Waals surface area contributed by atoms with Crippen LogP contribution in [0, 0.1) is 5.41 Å². The summed E-state index contributed by atoms with van der Waals surface area (Å²) in [6.45, 7) is 10.4. The van der Waals surface area contributed by atoms with Crippen LogP contribution >= 0.6 is 0 Å². The Hall–Kier alpha value is -1.79. The molecule has 7 nitrogen and oxygen atoms in total. The van der Waals surface area contributed by atoms with Crippen LogP contribution in [-0.4, -0.2) is 53.6 Å². The van der Waals surface area contributed by atoms with Gasteiger partial charge in [0.25, 0.3) is 0 Å². The van der Waals surface area contributed by atoms with Crippen LogP contribution in [0.25, 0.3) is 0 Å². The number of aliphatic carboxylic acids is 1. The Kier molecular flexibility index (Phi) is 7.76. The zero-order chi connectivity index (χ0) is 16.6. The van der Waals surface area contributed by atoms with E-state index in [1.807, 2.05) is 13.8 Å². The molecule has 0 aromatic carbocycles. The summed E-state index contributed by atoms with van der Waals surface area (Å²) in [5.74, 6) is -1.12. The van der Waals surface area contributed by atoms with E-state index in [1.54, 1.807) is 25.7 Å². The Morgan fingerprint density at radius 1 is 1.14 bits per heavy atom. The summed E-state index contributed by atoms with van der Waals surface area (Å²) in [6.07, 6.45) is 0.197. The molecule has 3 N–H and O–H groups in total. The van der Waals surface area contributed by atoms with E-state index in [-0.39, 0.29) is 18.9 Å². The van der Waals surface area contributed by atoms with Crippen molar-refractivity contribution in [3.8, 4) is 0 Å². The van der Waals surface area contributed by atoms with E-state index < -0.39 is 23.5 Å². The van der Waals surface area contributed by atoms with Crippen molar-refractivity contribution >= 4 is 17.9 Å². The number of carbonyl (C=O) groups is 3. The van der Waals surface area contributed by atoms with Crippen molar-refractivity contribution < 1.29 is 19.5 Å². The van der Waals surface area contributed by atoms with E-state index in [0.717, 1.165) is 0 Å². The third-order valence-corrected chi connectivity index (χ3v) is 3.13. The standard InChI is InChI=1S/C14H27N3O4/c1-6-17(7-2)10(18)8-9-15-13(21)16-11(12(19)20)14(3,4)5/h11H,6-9H2,1-5H3,(H,19,20)(H2,15,16,21). The molecule has 0 aromatic rings. The summed E-state index contributed by atoms with van der Waals surface area (Å²) in [5, 5.41) is 14.0. The lowest BCUT2D eigenvalue weighted by Gasteiger charge is -2.27. The van der Waals surface area contributed by atoms with Crippen molar-refractivity contribution in [1.29, 1.82) is 0 Å². The van der Waals surface area contributed by atoms with Gasteiger partial charge in [0.1, 0.15) is 6.04 Å². The molecule has 1 atom stereocenters. The molecule has 0 saturated carbocycles. The smallest absolute Gasteiger partial charge is 0.326 e. The summed E-state index contributed by atoms with van der Waals surface area (Å²) in [6, 6.07) is -1.57. The molecule has 3 amide bonds. The number of nitrogens with one attached hydrogen (secondary N) is 2. The van der Waals surface area contributed by atoms with Crippen molar-refractivity contribution in [2.75, 3.05) is 19.6 Å². The lowest BCUT2D eigenvalue weighted by molar-refractivity contribution is -0.142. The normalized spacial score (nSPS) is 12.4. The third kappa shape index (κ3) is 6.97. The Labute approximate surface area is 126 Å². The van der Waals surface area contributed by atoms with Crippen molar-refractivity contribution in [2.45, 2.75) is 47.1 Å². The largest absolute Gasteiger partial charge is 0.480 e. The number of amides is 3. The molecule has 0 heterocycles. The van der Waals surface area contributed by atoms with Gasteiger partial charge in [-0.15, -0.1) is 0 Å². The number of nitrogens with zero attached hydrogens (tertiary/aromatic N) is 1. The quantitative estimate of drug-likeness (QED) is 0.654. The number of rotatable bonds is 7. The van der Waals surface area contributed by atoms with E-state index in [2.05, 4.69) is 10.6 Å². The van der Waals surface area contributed by atoms with Crippen LogP contribution in [0.5, 0.6) is 0 Å². The number of hydrogen-bond donors (Lipinski definition) is 3. The van der Waals surface area contributed by atoms with Crippen LogP contribution in [0.3, 0.4) is 0 Å². The Bertz CT molecular complexity index is 373. The van der Waals surface area contributed by atoms with Crippen LogP contribution in [0.2, 0.25) is 0 Å². The van der Waals surface area contributed by atoms with Crippen LogP contribution in [0.4, 0.5) is 4.79 Å². The van der Waals surface area contributed by atoms with Gasteiger partial charge in [-0.2, -0.15) is 0 Å². The number of carbonyl (C=O) groups excluding carboxylic acids is 2. The molecule has 0 spiro atoms. The summed E-state index contributed by atoms with van der Waals surface area (Å²) >= 11 is 0. The Balaban J connectivity index is 4.27. The van der Waals surface area contributed by atoms with Gasteiger partial charge in [-0.05, 0) is 19.3 Å². The average molecular weight is 301 g/mol. The van der Waals surface area contributed by atoms with Gasteiger partial charge >= 0.3 is 12.0 Å². The molecule has 0 aliphatic carbocycles. The van der Waals surface area contributed by atoms with Crippen LogP contribution in [0.1, 0.15) is 41.0 Å². The molecule has 0 rings (SSSR count). The van der Waals surface area contributed by atoms with E-state index in [9.17, 15) is 14.4 Å². The van der Waals surface area contributed by atoms with Gasteiger partial charge in [0.2, 0.25) is 5.91 Å². The average Bonchev–Trinajstić information content (AvgIpc) is 2.35. The topological polar surface area (TPSA) is 98.7 Å². The lowest BCUT2D eigenvalue weighted by Crippen LogP contribution is -2.52. The van der Waals surface area contributed by atoms with E-state index in [0.29, 0.717) is 13.1 Å². The number of hydrogen-bond acceptors (Lipinski definition) is 3. The first kappa shape index (κ1) is 19.2. The second-order valence-corrected chi connectivity index (χ2v) is 5.85. The minimum atomic E-state index is -1.09. The monoisotopic (exact) mass is 301 g/mol. The number of carboxylic acid groups (broad SMARTS) is 1. The minimum Gasteiger partial charge on any atom is -0.480 e. The summed E-state index contributed by atoms with van der Waals surface area (Å²) in [4.78, 5) is 36.2. The zero-order valence-corrected chi connectivity index (χ0v) is 13.5.